The molecule has 1 aliphatic carbocycles. The van der Waals surface area contributed by atoms with Crippen LogP contribution in [0.15, 0.2) is 18.2 Å². The van der Waals surface area contributed by atoms with Crippen LogP contribution in [-0.4, -0.2) is 30.3 Å². The fraction of sp³-hybridized carbons (Fsp3) is 0.500. The van der Waals surface area contributed by atoms with Gasteiger partial charge in [0.1, 0.15) is 0 Å². The largest absolute Gasteiger partial charge is 0.494 e. The summed E-state index contributed by atoms with van der Waals surface area (Å²) in [6.07, 6.45) is 1.97. The SMILES string of the molecule is COc1ccc(C(=O)NCC(C)(O)C2CC2)cc1F. The molecule has 104 valence electrons. The van der Waals surface area contributed by atoms with Crippen LogP contribution in [0.1, 0.15) is 30.1 Å². The van der Waals surface area contributed by atoms with Gasteiger partial charge in [0, 0.05) is 12.1 Å². The van der Waals surface area contributed by atoms with Gasteiger partial charge in [-0.25, -0.2) is 4.39 Å². The van der Waals surface area contributed by atoms with Gasteiger partial charge in [-0.3, -0.25) is 4.79 Å². The zero-order valence-electron chi connectivity index (χ0n) is 11.1. The lowest BCUT2D eigenvalue weighted by Crippen LogP contribution is -2.42. The molecule has 0 bridgehead atoms. The highest BCUT2D eigenvalue weighted by Gasteiger charge is 2.39. The van der Waals surface area contributed by atoms with Gasteiger partial charge in [0.2, 0.25) is 0 Å². The maximum atomic E-state index is 13.5. The first-order chi connectivity index (χ1) is 8.94. The number of halogens is 1. The number of hydrogen-bond donors (Lipinski definition) is 2. The average molecular weight is 267 g/mol. The van der Waals surface area contributed by atoms with Crippen molar-refractivity contribution in [1.82, 2.24) is 5.32 Å². The summed E-state index contributed by atoms with van der Waals surface area (Å²) in [6.45, 7) is 1.88. The minimum atomic E-state index is -0.888. The van der Waals surface area contributed by atoms with Gasteiger partial charge in [-0.2, -0.15) is 0 Å². The van der Waals surface area contributed by atoms with Crippen LogP contribution in [0.25, 0.3) is 0 Å². The molecule has 2 N–H and O–H groups in total. The molecule has 1 fully saturated rings. The Balaban J connectivity index is 1.98. The molecule has 0 radical (unpaired) electrons. The number of rotatable bonds is 5. The highest BCUT2D eigenvalue weighted by atomic mass is 19.1. The molecule has 4 nitrogen and oxygen atoms in total. The van der Waals surface area contributed by atoms with Gasteiger partial charge in [0.25, 0.3) is 5.91 Å². The van der Waals surface area contributed by atoms with Crippen LogP contribution in [0.3, 0.4) is 0 Å². The Bertz CT molecular complexity index is 484. The molecule has 1 amide bonds. The maximum Gasteiger partial charge on any atom is 0.251 e. The predicted molar refractivity (Wildman–Crippen MR) is 68.6 cm³/mol. The van der Waals surface area contributed by atoms with Gasteiger partial charge in [-0.05, 0) is 43.9 Å². The van der Waals surface area contributed by atoms with Crippen molar-refractivity contribution in [3.05, 3.63) is 29.6 Å². The third-order valence-corrected chi connectivity index (χ3v) is 3.48. The van der Waals surface area contributed by atoms with E-state index < -0.39 is 17.3 Å². The van der Waals surface area contributed by atoms with Crippen LogP contribution in [-0.2, 0) is 0 Å². The second-order valence-corrected chi connectivity index (χ2v) is 5.16. The molecule has 0 spiro atoms. The molecule has 1 atom stereocenters. The normalized spacial score (nSPS) is 17.7. The number of amides is 1. The number of methoxy groups -OCH3 is 1. The number of aliphatic hydroxyl groups is 1. The van der Waals surface area contributed by atoms with Crippen LogP contribution < -0.4 is 10.1 Å². The third-order valence-electron chi connectivity index (χ3n) is 3.48. The number of carbonyl (C=O) groups excluding carboxylic acids is 1. The summed E-state index contributed by atoms with van der Waals surface area (Å²) in [5.41, 5.74) is -0.675. The number of nitrogens with one attached hydrogen (secondary N) is 1. The first-order valence-corrected chi connectivity index (χ1v) is 6.28. The molecule has 0 aliphatic heterocycles. The first kappa shape index (κ1) is 13.8. The quantitative estimate of drug-likeness (QED) is 0.854. The van der Waals surface area contributed by atoms with Crippen molar-refractivity contribution in [3.63, 3.8) is 0 Å². The molecular weight excluding hydrogens is 249 g/mol. The van der Waals surface area contributed by atoms with Crippen molar-refractivity contribution in [2.24, 2.45) is 5.92 Å². The lowest BCUT2D eigenvalue weighted by atomic mass is 10.0. The van der Waals surface area contributed by atoms with Gasteiger partial charge in [-0.15, -0.1) is 0 Å². The van der Waals surface area contributed by atoms with Crippen molar-refractivity contribution in [2.75, 3.05) is 13.7 Å². The molecule has 0 saturated heterocycles. The van der Waals surface area contributed by atoms with Crippen LogP contribution >= 0.6 is 0 Å². The summed E-state index contributed by atoms with van der Waals surface area (Å²) < 4.78 is 18.3. The second-order valence-electron chi connectivity index (χ2n) is 5.16. The van der Waals surface area contributed by atoms with Gasteiger partial charge in [0.05, 0.1) is 12.7 Å². The van der Waals surface area contributed by atoms with E-state index in [1.54, 1.807) is 6.92 Å². The molecule has 1 unspecified atom stereocenters. The number of hydrogen-bond acceptors (Lipinski definition) is 3. The predicted octanol–water partition coefficient (Wildman–Crippen LogP) is 1.73. The Hall–Kier alpha value is -1.62. The van der Waals surface area contributed by atoms with Gasteiger partial charge in [-0.1, -0.05) is 0 Å². The lowest BCUT2D eigenvalue weighted by Gasteiger charge is -2.23. The number of benzene rings is 1. The smallest absolute Gasteiger partial charge is 0.251 e. The molecule has 0 aromatic heterocycles. The summed E-state index contributed by atoms with van der Waals surface area (Å²) in [5.74, 6) is -0.631. The zero-order chi connectivity index (χ0) is 14.0. The fourth-order valence-electron chi connectivity index (χ4n) is 2.02. The van der Waals surface area contributed by atoms with E-state index in [0.717, 1.165) is 18.9 Å². The van der Waals surface area contributed by atoms with E-state index in [1.165, 1.54) is 19.2 Å². The van der Waals surface area contributed by atoms with E-state index >= 15 is 0 Å². The molecule has 1 aromatic carbocycles. The molecular formula is C14H18FNO3. The monoisotopic (exact) mass is 267 g/mol. The summed E-state index contributed by atoms with van der Waals surface area (Å²) in [4.78, 5) is 11.9. The average Bonchev–Trinajstić information content (AvgIpc) is 3.20. The van der Waals surface area contributed by atoms with Gasteiger partial charge < -0.3 is 15.2 Å². The molecule has 19 heavy (non-hydrogen) atoms. The summed E-state index contributed by atoms with van der Waals surface area (Å²) in [6, 6.07) is 4.02. The van der Waals surface area contributed by atoms with E-state index in [9.17, 15) is 14.3 Å². The zero-order valence-corrected chi connectivity index (χ0v) is 11.1. The van der Waals surface area contributed by atoms with Crippen molar-refractivity contribution >= 4 is 5.91 Å². The van der Waals surface area contributed by atoms with Crippen LogP contribution in [0.5, 0.6) is 5.75 Å². The topological polar surface area (TPSA) is 58.6 Å². The lowest BCUT2D eigenvalue weighted by molar-refractivity contribution is 0.0354. The van der Waals surface area contributed by atoms with Crippen LogP contribution in [0.2, 0.25) is 0 Å². The summed E-state index contributed by atoms with van der Waals surface area (Å²) >= 11 is 0. The van der Waals surface area contributed by atoms with Crippen molar-refractivity contribution in [2.45, 2.75) is 25.4 Å². The van der Waals surface area contributed by atoms with Gasteiger partial charge in [0.15, 0.2) is 11.6 Å². The molecule has 2 rings (SSSR count). The Morgan fingerprint density at radius 2 is 2.26 bits per heavy atom. The van der Waals surface area contributed by atoms with E-state index in [4.69, 9.17) is 4.74 Å². The Labute approximate surface area is 111 Å². The third kappa shape index (κ3) is 3.23. The second kappa shape index (κ2) is 5.17. The Kier molecular flexibility index (Phi) is 3.75. The van der Waals surface area contributed by atoms with Crippen LogP contribution in [0, 0.1) is 11.7 Å². The molecule has 1 saturated carbocycles. The Morgan fingerprint density at radius 1 is 1.58 bits per heavy atom. The molecule has 0 heterocycles. The summed E-state index contributed by atoms with van der Waals surface area (Å²) in [5, 5.41) is 12.7. The minimum Gasteiger partial charge on any atom is -0.494 e. The van der Waals surface area contributed by atoms with Crippen molar-refractivity contribution in [3.8, 4) is 5.75 Å². The number of carbonyl (C=O) groups is 1. The van der Waals surface area contributed by atoms with Crippen molar-refractivity contribution in [1.29, 1.82) is 0 Å². The first-order valence-electron chi connectivity index (χ1n) is 6.28. The molecule has 5 heteroatoms. The molecule has 1 aliphatic rings. The standard InChI is InChI=1S/C14H18FNO3/c1-14(18,10-4-5-10)8-16-13(17)9-3-6-12(19-2)11(15)7-9/h3,6-7,10,18H,4-5,8H2,1-2H3,(H,16,17). The van der Waals surface area contributed by atoms with E-state index in [1.807, 2.05) is 0 Å². The van der Waals surface area contributed by atoms with Crippen molar-refractivity contribution < 1.29 is 19.0 Å². The van der Waals surface area contributed by atoms with E-state index in [-0.39, 0.29) is 23.8 Å². The highest BCUT2D eigenvalue weighted by Crippen LogP contribution is 2.39. The highest BCUT2D eigenvalue weighted by molar-refractivity contribution is 5.94. The fourth-order valence-corrected chi connectivity index (χ4v) is 2.02. The summed E-state index contributed by atoms with van der Waals surface area (Å²) in [7, 11) is 1.37. The van der Waals surface area contributed by atoms with Gasteiger partial charge >= 0.3 is 0 Å². The van der Waals surface area contributed by atoms with E-state index in [2.05, 4.69) is 5.32 Å². The number of ether oxygens (including phenoxy) is 1. The minimum absolute atomic E-state index is 0.0986. The van der Waals surface area contributed by atoms with Crippen LogP contribution in [0.4, 0.5) is 4.39 Å². The van der Waals surface area contributed by atoms with E-state index in [0.29, 0.717) is 0 Å². The molecule has 1 aromatic rings. The Morgan fingerprint density at radius 3 is 2.79 bits per heavy atom. The maximum absolute atomic E-state index is 13.5.